The minimum Gasteiger partial charge on any atom is -0.375 e. The van der Waals surface area contributed by atoms with Crippen LogP contribution in [0.3, 0.4) is 0 Å². The van der Waals surface area contributed by atoms with Crippen molar-refractivity contribution in [3.8, 4) is 0 Å². The Morgan fingerprint density at radius 3 is 2.72 bits per heavy atom. The average Bonchev–Trinajstić information content (AvgIpc) is 3.31. The van der Waals surface area contributed by atoms with Crippen molar-refractivity contribution in [2.75, 3.05) is 26.4 Å². The van der Waals surface area contributed by atoms with E-state index in [1.807, 2.05) is 30.3 Å². The summed E-state index contributed by atoms with van der Waals surface area (Å²) in [7, 11) is 0. The van der Waals surface area contributed by atoms with E-state index >= 15 is 0 Å². The SMILES string of the molecule is Cc1cn([C@H]2C[C@H](OCCCN)[C@@H](COC3CCCCO3)O2)c(=O)n(COCc2ccccc2)c1=O. The topological polar surface area (TPSA) is 116 Å². The van der Waals surface area contributed by atoms with Crippen LogP contribution in [0.1, 0.15) is 49.5 Å². The molecule has 10 nitrogen and oxygen atoms in total. The molecular weight excluding hydrogens is 466 g/mol. The highest BCUT2D eigenvalue weighted by molar-refractivity contribution is 5.13. The Hall–Kier alpha value is -2.34. The Morgan fingerprint density at radius 1 is 1.14 bits per heavy atom. The van der Waals surface area contributed by atoms with Gasteiger partial charge in [0.1, 0.15) is 19.1 Å². The molecule has 0 spiro atoms. The zero-order chi connectivity index (χ0) is 25.3. The first-order valence-corrected chi connectivity index (χ1v) is 12.7. The Balaban J connectivity index is 1.46. The van der Waals surface area contributed by atoms with Gasteiger partial charge in [0, 0.05) is 31.4 Å². The van der Waals surface area contributed by atoms with Crippen LogP contribution in [0, 0.1) is 6.92 Å². The second-order valence-electron chi connectivity index (χ2n) is 9.24. The molecule has 4 atom stereocenters. The summed E-state index contributed by atoms with van der Waals surface area (Å²) in [6, 6.07) is 9.59. The smallest absolute Gasteiger partial charge is 0.335 e. The monoisotopic (exact) mass is 503 g/mol. The Morgan fingerprint density at radius 2 is 1.97 bits per heavy atom. The Labute approximate surface area is 210 Å². The summed E-state index contributed by atoms with van der Waals surface area (Å²) in [6.45, 7) is 3.83. The first-order valence-electron chi connectivity index (χ1n) is 12.7. The average molecular weight is 504 g/mol. The molecule has 2 N–H and O–H groups in total. The minimum atomic E-state index is -0.596. The van der Waals surface area contributed by atoms with E-state index in [0.717, 1.165) is 35.8 Å². The molecule has 0 amide bonds. The second-order valence-corrected chi connectivity index (χ2v) is 9.24. The van der Waals surface area contributed by atoms with E-state index in [9.17, 15) is 9.59 Å². The van der Waals surface area contributed by atoms with Gasteiger partial charge in [-0.25, -0.2) is 9.36 Å². The molecule has 2 saturated heterocycles. The molecule has 198 valence electrons. The lowest BCUT2D eigenvalue weighted by Crippen LogP contribution is -2.42. The molecule has 2 aromatic rings. The van der Waals surface area contributed by atoms with Crippen LogP contribution >= 0.6 is 0 Å². The number of hydrogen-bond donors (Lipinski definition) is 1. The van der Waals surface area contributed by atoms with Crippen molar-refractivity contribution in [3.05, 3.63) is 68.5 Å². The van der Waals surface area contributed by atoms with Crippen molar-refractivity contribution in [3.63, 3.8) is 0 Å². The van der Waals surface area contributed by atoms with E-state index in [4.69, 9.17) is 29.4 Å². The summed E-state index contributed by atoms with van der Waals surface area (Å²) in [5.74, 6) is 0. The fourth-order valence-electron chi connectivity index (χ4n) is 4.47. The van der Waals surface area contributed by atoms with Crippen LogP contribution in [0.25, 0.3) is 0 Å². The van der Waals surface area contributed by atoms with Gasteiger partial charge in [0.25, 0.3) is 5.56 Å². The summed E-state index contributed by atoms with van der Waals surface area (Å²) >= 11 is 0. The van der Waals surface area contributed by atoms with E-state index in [1.54, 1.807) is 13.1 Å². The van der Waals surface area contributed by atoms with Crippen molar-refractivity contribution in [2.45, 2.75) is 77.1 Å². The molecule has 1 aromatic carbocycles. The van der Waals surface area contributed by atoms with Gasteiger partial charge in [-0.05, 0) is 44.7 Å². The number of aryl methyl sites for hydroxylation is 1. The van der Waals surface area contributed by atoms with Crippen LogP contribution < -0.4 is 17.0 Å². The maximum absolute atomic E-state index is 13.3. The third-order valence-electron chi connectivity index (χ3n) is 6.45. The highest BCUT2D eigenvalue weighted by Gasteiger charge is 2.38. The number of rotatable bonds is 12. The Kier molecular flexibility index (Phi) is 9.85. The zero-order valence-electron chi connectivity index (χ0n) is 20.9. The molecule has 2 fully saturated rings. The van der Waals surface area contributed by atoms with Crippen molar-refractivity contribution in [2.24, 2.45) is 5.73 Å². The summed E-state index contributed by atoms with van der Waals surface area (Å²) in [4.78, 5) is 26.0. The molecule has 0 radical (unpaired) electrons. The van der Waals surface area contributed by atoms with Crippen molar-refractivity contribution < 1.29 is 23.7 Å². The number of ether oxygens (including phenoxy) is 5. The molecular formula is C26H37N3O7. The molecule has 36 heavy (non-hydrogen) atoms. The first-order chi connectivity index (χ1) is 17.6. The molecule has 2 aliphatic rings. The summed E-state index contributed by atoms with van der Waals surface area (Å²) in [6.07, 6.45) is 4.19. The maximum atomic E-state index is 13.3. The normalized spacial score (nSPS) is 24.3. The first kappa shape index (κ1) is 26.7. The van der Waals surface area contributed by atoms with Crippen LogP contribution in [-0.4, -0.2) is 54.0 Å². The van der Waals surface area contributed by atoms with E-state index in [2.05, 4.69) is 0 Å². The highest BCUT2D eigenvalue weighted by atomic mass is 16.7. The van der Waals surface area contributed by atoms with E-state index in [0.29, 0.717) is 45.0 Å². The van der Waals surface area contributed by atoms with Gasteiger partial charge in [-0.2, -0.15) is 0 Å². The van der Waals surface area contributed by atoms with Crippen LogP contribution in [0.4, 0.5) is 0 Å². The molecule has 2 aliphatic heterocycles. The summed E-state index contributed by atoms with van der Waals surface area (Å²) < 4.78 is 32.2. The van der Waals surface area contributed by atoms with Gasteiger partial charge >= 0.3 is 5.69 Å². The van der Waals surface area contributed by atoms with Crippen molar-refractivity contribution in [1.29, 1.82) is 0 Å². The van der Waals surface area contributed by atoms with Crippen LogP contribution in [0.5, 0.6) is 0 Å². The summed E-state index contributed by atoms with van der Waals surface area (Å²) in [5, 5.41) is 0. The number of nitrogens with zero attached hydrogens (tertiary/aromatic N) is 2. The van der Waals surface area contributed by atoms with Crippen LogP contribution in [-0.2, 0) is 37.0 Å². The molecule has 1 unspecified atom stereocenters. The van der Waals surface area contributed by atoms with Gasteiger partial charge in [-0.3, -0.25) is 9.36 Å². The molecule has 10 heteroatoms. The second kappa shape index (κ2) is 13.3. The molecule has 3 heterocycles. The highest BCUT2D eigenvalue weighted by Crippen LogP contribution is 2.31. The van der Waals surface area contributed by atoms with E-state index in [1.165, 1.54) is 4.57 Å². The van der Waals surface area contributed by atoms with Gasteiger partial charge in [0.05, 0.1) is 19.3 Å². The summed E-state index contributed by atoms with van der Waals surface area (Å²) in [5.41, 5.74) is 6.14. The van der Waals surface area contributed by atoms with Gasteiger partial charge in [0.2, 0.25) is 0 Å². The zero-order valence-corrected chi connectivity index (χ0v) is 20.9. The third-order valence-corrected chi connectivity index (χ3v) is 6.45. The number of hydrogen-bond acceptors (Lipinski definition) is 8. The molecule has 1 aromatic heterocycles. The van der Waals surface area contributed by atoms with Gasteiger partial charge in [0.15, 0.2) is 6.29 Å². The van der Waals surface area contributed by atoms with E-state index < -0.39 is 11.9 Å². The van der Waals surface area contributed by atoms with Crippen LogP contribution in [0.2, 0.25) is 0 Å². The lowest BCUT2D eigenvalue weighted by Gasteiger charge is -2.26. The maximum Gasteiger partial charge on any atom is 0.335 e. The van der Waals surface area contributed by atoms with Crippen molar-refractivity contribution in [1.82, 2.24) is 9.13 Å². The standard InChI is InChI=1S/C26H37N3O7/c1-19-15-28(26(31)29(25(19)30)18-32-16-20-8-3-2-4-9-20)23-14-21(33-13-7-11-27)22(36-23)17-35-24-10-5-6-12-34-24/h2-4,8-9,15,21-24H,5-7,10-14,16-18,27H2,1H3/t21-,22+,23+,24?/m0/s1. The van der Waals surface area contributed by atoms with Gasteiger partial charge in [-0.1, -0.05) is 30.3 Å². The van der Waals surface area contributed by atoms with Crippen LogP contribution in [0.15, 0.2) is 46.1 Å². The minimum absolute atomic E-state index is 0.150. The van der Waals surface area contributed by atoms with Crippen molar-refractivity contribution >= 4 is 0 Å². The number of aromatic nitrogens is 2. The quantitative estimate of drug-likeness (QED) is 0.438. The molecule has 0 bridgehead atoms. The Bertz CT molecular complexity index is 1070. The van der Waals surface area contributed by atoms with E-state index in [-0.39, 0.29) is 30.8 Å². The molecule has 0 saturated carbocycles. The number of benzene rings is 1. The predicted octanol–water partition coefficient (Wildman–Crippen LogP) is 2.06. The lowest BCUT2D eigenvalue weighted by molar-refractivity contribution is -0.187. The fourth-order valence-corrected chi connectivity index (χ4v) is 4.47. The van der Waals surface area contributed by atoms with Gasteiger partial charge < -0.3 is 29.4 Å². The molecule has 0 aliphatic carbocycles. The fraction of sp³-hybridized carbons (Fsp3) is 0.615. The largest absolute Gasteiger partial charge is 0.375 e. The third kappa shape index (κ3) is 6.90. The predicted molar refractivity (Wildman–Crippen MR) is 132 cm³/mol. The van der Waals surface area contributed by atoms with Gasteiger partial charge in [-0.15, -0.1) is 0 Å². The molecule has 4 rings (SSSR count). The lowest BCUT2D eigenvalue weighted by atomic mass is 10.1. The number of nitrogens with two attached hydrogens (primary N) is 1.